The number of fused-ring (bicyclic) bond motifs is 1. The van der Waals surface area contributed by atoms with Gasteiger partial charge in [-0.3, -0.25) is 9.69 Å². The summed E-state index contributed by atoms with van der Waals surface area (Å²) >= 11 is 1.17. The van der Waals surface area contributed by atoms with E-state index in [4.69, 9.17) is 0 Å². The van der Waals surface area contributed by atoms with Gasteiger partial charge in [-0.1, -0.05) is 25.3 Å². The lowest BCUT2D eigenvalue weighted by atomic mass is 10.1. The molecular weight excluding hydrogens is 284 g/mol. The van der Waals surface area contributed by atoms with Crippen molar-refractivity contribution >= 4 is 34.4 Å². The molecule has 1 aliphatic rings. The highest BCUT2D eigenvalue weighted by atomic mass is 32.1. The fourth-order valence-electron chi connectivity index (χ4n) is 2.77. The Morgan fingerprint density at radius 2 is 1.90 bits per heavy atom. The van der Waals surface area contributed by atoms with Crippen LogP contribution in [-0.2, 0) is 4.79 Å². The highest BCUT2D eigenvalue weighted by Crippen LogP contribution is 2.21. The lowest BCUT2D eigenvalue weighted by Crippen LogP contribution is -2.35. The minimum Gasteiger partial charge on any atom is -0.323 e. The molecule has 3 rings (SSSR count). The van der Waals surface area contributed by atoms with Crippen molar-refractivity contribution in [3.8, 4) is 0 Å². The molecule has 0 atom stereocenters. The van der Waals surface area contributed by atoms with Gasteiger partial charge in [-0.05, 0) is 38.1 Å². The first-order valence-electron chi connectivity index (χ1n) is 7.56. The molecule has 0 bridgehead atoms. The van der Waals surface area contributed by atoms with Crippen LogP contribution in [0.25, 0.3) is 11.0 Å². The molecule has 0 radical (unpaired) electrons. The molecule has 0 unspecified atom stereocenters. The molecule has 1 amide bonds. The van der Waals surface area contributed by atoms with E-state index >= 15 is 0 Å². The van der Waals surface area contributed by atoms with E-state index in [0.717, 1.165) is 29.8 Å². The molecular formula is C15H20N4OS. The molecule has 1 saturated heterocycles. The number of nitrogens with zero attached hydrogens (tertiary/aromatic N) is 3. The second kappa shape index (κ2) is 6.95. The molecule has 1 N–H and O–H groups in total. The number of anilines is 1. The van der Waals surface area contributed by atoms with E-state index in [1.54, 1.807) is 0 Å². The lowest BCUT2D eigenvalue weighted by molar-refractivity contribution is -0.117. The van der Waals surface area contributed by atoms with Crippen molar-refractivity contribution < 1.29 is 4.79 Å². The van der Waals surface area contributed by atoms with E-state index in [9.17, 15) is 4.79 Å². The van der Waals surface area contributed by atoms with Crippen LogP contribution in [-0.4, -0.2) is 39.2 Å². The van der Waals surface area contributed by atoms with E-state index < -0.39 is 0 Å². The summed E-state index contributed by atoms with van der Waals surface area (Å²) in [7, 11) is 0. The van der Waals surface area contributed by atoms with Crippen LogP contribution in [0.4, 0.5) is 5.69 Å². The summed E-state index contributed by atoms with van der Waals surface area (Å²) in [6, 6.07) is 5.69. The van der Waals surface area contributed by atoms with Gasteiger partial charge < -0.3 is 5.32 Å². The minimum atomic E-state index is 0.0380. The Balaban J connectivity index is 1.61. The van der Waals surface area contributed by atoms with E-state index in [0.29, 0.717) is 6.54 Å². The maximum Gasteiger partial charge on any atom is 0.238 e. The second-order valence-corrected chi connectivity index (χ2v) is 6.06. The molecule has 1 fully saturated rings. The molecule has 0 aliphatic carbocycles. The third-order valence-electron chi connectivity index (χ3n) is 3.88. The van der Waals surface area contributed by atoms with Gasteiger partial charge >= 0.3 is 0 Å². The van der Waals surface area contributed by atoms with E-state index in [-0.39, 0.29) is 5.91 Å². The molecule has 2 aromatic rings. The van der Waals surface area contributed by atoms with Gasteiger partial charge in [-0.15, -0.1) is 0 Å². The zero-order chi connectivity index (χ0) is 14.5. The molecule has 2 heterocycles. The third-order valence-corrected chi connectivity index (χ3v) is 4.42. The van der Waals surface area contributed by atoms with Crippen LogP contribution in [0.5, 0.6) is 0 Å². The van der Waals surface area contributed by atoms with Gasteiger partial charge in [-0.25, -0.2) is 0 Å². The first-order valence-corrected chi connectivity index (χ1v) is 8.29. The Labute approximate surface area is 128 Å². The Bertz CT molecular complexity index is 604. The molecule has 5 nitrogen and oxygen atoms in total. The summed E-state index contributed by atoms with van der Waals surface area (Å²) < 4.78 is 8.44. The molecule has 1 aromatic heterocycles. The van der Waals surface area contributed by atoms with Gasteiger partial charge in [0.15, 0.2) is 0 Å². The summed E-state index contributed by atoms with van der Waals surface area (Å²) in [5.74, 6) is 0.0380. The summed E-state index contributed by atoms with van der Waals surface area (Å²) in [5.41, 5.74) is 2.38. The Hall–Kier alpha value is -1.53. The number of hydrogen-bond donors (Lipinski definition) is 1. The van der Waals surface area contributed by atoms with Crippen molar-refractivity contribution in [2.45, 2.75) is 32.1 Å². The number of rotatable bonds is 3. The van der Waals surface area contributed by atoms with Crippen LogP contribution in [0.2, 0.25) is 0 Å². The highest BCUT2D eigenvalue weighted by molar-refractivity contribution is 7.00. The molecule has 21 heavy (non-hydrogen) atoms. The fraction of sp³-hybridized carbons (Fsp3) is 0.533. The lowest BCUT2D eigenvalue weighted by Gasteiger charge is -2.23. The molecule has 6 heteroatoms. The predicted octanol–water partition coefficient (Wildman–Crippen LogP) is 2.90. The molecule has 1 aromatic carbocycles. The minimum absolute atomic E-state index is 0.0380. The normalized spacial score (nSPS) is 17.3. The van der Waals surface area contributed by atoms with Crippen LogP contribution in [0.3, 0.4) is 0 Å². The average molecular weight is 304 g/mol. The number of nitrogens with one attached hydrogen (secondary N) is 1. The molecule has 112 valence electrons. The quantitative estimate of drug-likeness (QED) is 0.947. The van der Waals surface area contributed by atoms with Crippen LogP contribution >= 0.6 is 11.7 Å². The third kappa shape index (κ3) is 3.77. The van der Waals surface area contributed by atoms with Crippen LogP contribution in [0, 0.1) is 0 Å². The van der Waals surface area contributed by atoms with Crippen molar-refractivity contribution in [3.63, 3.8) is 0 Å². The number of carbonyl (C=O) groups is 1. The average Bonchev–Trinajstić information content (AvgIpc) is 2.91. The fourth-order valence-corrected chi connectivity index (χ4v) is 3.32. The van der Waals surface area contributed by atoms with E-state index in [1.165, 1.54) is 43.8 Å². The number of hydrogen-bond acceptors (Lipinski definition) is 5. The predicted molar refractivity (Wildman–Crippen MR) is 85.6 cm³/mol. The smallest absolute Gasteiger partial charge is 0.238 e. The number of benzene rings is 1. The van der Waals surface area contributed by atoms with Crippen molar-refractivity contribution in [3.05, 3.63) is 18.2 Å². The number of likely N-dealkylation sites (tertiary alicyclic amines) is 1. The number of aromatic nitrogens is 2. The van der Waals surface area contributed by atoms with Gasteiger partial charge in [0.2, 0.25) is 5.91 Å². The van der Waals surface area contributed by atoms with Crippen molar-refractivity contribution in [1.29, 1.82) is 0 Å². The highest BCUT2D eigenvalue weighted by Gasteiger charge is 2.14. The van der Waals surface area contributed by atoms with Crippen LogP contribution in [0.1, 0.15) is 32.1 Å². The zero-order valence-corrected chi connectivity index (χ0v) is 12.9. The van der Waals surface area contributed by atoms with Crippen molar-refractivity contribution in [1.82, 2.24) is 13.6 Å². The van der Waals surface area contributed by atoms with E-state index in [1.807, 2.05) is 18.2 Å². The molecule has 0 saturated carbocycles. The van der Waals surface area contributed by atoms with Crippen molar-refractivity contribution in [2.24, 2.45) is 0 Å². The topological polar surface area (TPSA) is 58.1 Å². The zero-order valence-electron chi connectivity index (χ0n) is 12.0. The molecule has 1 aliphatic heterocycles. The summed E-state index contributed by atoms with van der Waals surface area (Å²) in [6.45, 7) is 2.51. The first kappa shape index (κ1) is 14.4. The SMILES string of the molecule is O=C(CN1CCCCCCC1)Nc1cccc2nsnc12. The largest absolute Gasteiger partial charge is 0.323 e. The van der Waals surface area contributed by atoms with Gasteiger partial charge in [0.25, 0.3) is 0 Å². The first-order chi connectivity index (χ1) is 10.3. The second-order valence-electron chi connectivity index (χ2n) is 5.53. The summed E-state index contributed by atoms with van der Waals surface area (Å²) in [5, 5.41) is 2.98. The number of carbonyl (C=O) groups excluding carboxylic acids is 1. The Morgan fingerprint density at radius 3 is 2.71 bits per heavy atom. The Kier molecular flexibility index (Phi) is 4.77. The van der Waals surface area contributed by atoms with Crippen molar-refractivity contribution in [2.75, 3.05) is 25.0 Å². The molecule has 0 spiro atoms. The summed E-state index contributed by atoms with van der Waals surface area (Å²) in [6.07, 6.45) is 6.28. The standard InChI is InChI=1S/C15H20N4OS/c20-14(11-19-9-4-2-1-3-5-10-19)16-12-7-6-8-13-15(12)18-21-17-13/h6-8H,1-5,9-11H2,(H,16,20). The van der Waals surface area contributed by atoms with Crippen LogP contribution < -0.4 is 5.32 Å². The van der Waals surface area contributed by atoms with Gasteiger partial charge in [-0.2, -0.15) is 8.75 Å². The van der Waals surface area contributed by atoms with Gasteiger partial charge in [0.1, 0.15) is 11.0 Å². The maximum atomic E-state index is 12.2. The monoisotopic (exact) mass is 304 g/mol. The maximum absolute atomic E-state index is 12.2. The Morgan fingerprint density at radius 1 is 1.14 bits per heavy atom. The van der Waals surface area contributed by atoms with E-state index in [2.05, 4.69) is 19.0 Å². The van der Waals surface area contributed by atoms with Gasteiger partial charge in [0, 0.05) is 0 Å². The van der Waals surface area contributed by atoms with Gasteiger partial charge in [0.05, 0.1) is 24.0 Å². The van der Waals surface area contributed by atoms with Crippen LogP contribution in [0.15, 0.2) is 18.2 Å². The summed E-state index contributed by atoms with van der Waals surface area (Å²) in [4.78, 5) is 14.5. The number of amides is 1.